The largest absolute Gasteiger partial charge is 0.381 e. The number of hydrogen-bond acceptors (Lipinski definition) is 5. The molecule has 2 atom stereocenters. The highest BCUT2D eigenvalue weighted by atomic mass is 19.3. The summed E-state index contributed by atoms with van der Waals surface area (Å²) in [6.07, 6.45) is 1.22. The Kier molecular flexibility index (Phi) is 4.73. The molecule has 0 radical (unpaired) electrons. The maximum Gasteiger partial charge on any atom is 0.248 e. The van der Waals surface area contributed by atoms with Gasteiger partial charge < -0.3 is 14.0 Å². The van der Waals surface area contributed by atoms with Crippen molar-refractivity contribution >= 4 is 0 Å². The predicted octanol–water partition coefficient (Wildman–Crippen LogP) is 3.48. The van der Waals surface area contributed by atoms with Crippen LogP contribution in [0.15, 0.2) is 4.52 Å². The van der Waals surface area contributed by atoms with E-state index >= 15 is 0 Å². The molecule has 1 saturated carbocycles. The lowest BCUT2D eigenvalue weighted by Crippen LogP contribution is -2.24. The highest BCUT2D eigenvalue weighted by Crippen LogP contribution is 2.41. The quantitative estimate of drug-likeness (QED) is 0.832. The van der Waals surface area contributed by atoms with Crippen molar-refractivity contribution in [1.29, 1.82) is 0 Å². The Balaban J connectivity index is 1.69. The Morgan fingerprint density at radius 1 is 1.32 bits per heavy atom. The molecule has 1 aliphatic heterocycles. The van der Waals surface area contributed by atoms with Crippen LogP contribution in [-0.4, -0.2) is 35.9 Å². The average molecular weight is 316 g/mol. The molecule has 2 unspecified atom stereocenters. The Bertz CT molecular complexity index is 479. The van der Waals surface area contributed by atoms with E-state index in [1.807, 2.05) is 6.92 Å². The molecule has 2 fully saturated rings. The molecule has 7 heteroatoms. The van der Waals surface area contributed by atoms with Gasteiger partial charge in [0.2, 0.25) is 17.6 Å². The molecule has 124 valence electrons. The van der Waals surface area contributed by atoms with Crippen molar-refractivity contribution in [1.82, 2.24) is 10.1 Å². The van der Waals surface area contributed by atoms with E-state index in [2.05, 4.69) is 10.1 Å². The number of halogens is 2. The molecular weight excluding hydrogens is 294 g/mol. The van der Waals surface area contributed by atoms with Crippen LogP contribution in [0.1, 0.15) is 62.8 Å². The van der Waals surface area contributed by atoms with Gasteiger partial charge in [0.25, 0.3) is 0 Å². The molecule has 1 aromatic heterocycles. The van der Waals surface area contributed by atoms with Crippen LogP contribution in [0.5, 0.6) is 0 Å². The second kappa shape index (κ2) is 6.58. The third-order valence-electron chi connectivity index (χ3n) is 4.52. The van der Waals surface area contributed by atoms with Gasteiger partial charge in [-0.2, -0.15) is 4.98 Å². The van der Waals surface area contributed by atoms with Crippen molar-refractivity contribution < 1.29 is 22.8 Å². The molecule has 0 bridgehead atoms. The summed E-state index contributed by atoms with van der Waals surface area (Å²) in [5, 5.41) is 4.04. The molecule has 22 heavy (non-hydrogen) atoms. The molecule has 1 aliphatic carbocycles. The van der Waals surface area contributed by atoms with E-state index in [0.717, 1.165) is 13.0 Å². The van der Waals surface area contributed by atoms with E-state index < -0.39 is 5.92 Å². The second-order valence-corrected chi connectivity index (χ2v) is 6.12. The zero-order valence-corrected chi connectivity index (χ0v) is 12.8. The van der Waals surface area contributed by atoms with Crippen LogP contribution in [0.4, 0.5) is 8.78 Å². The molecule has 0 N–H and O–H groups in total. The van der Waals surface area contributed by atoms with Gasteiger partial charge in [-0.15, -0.1) is 0 Å². The standard InChI is InChI=1S/C15H22F2N2O3/c1-2-21-12(11-5-8-20-9-11)13-18-14(22-19-13)10-3-6-15(16,17)7-4-10/h10-12H,2-9H2,1H3. The Morgan fingerprint density at radius 3 is 2.73 bits per heavy atom. The normalized spacial score (nSPS) is 27.1. The minimum atomic E-state index is -2.55. The van der Waals surface area contributed by atoms with Gasteiger partial charge in [-0.25, -0.2) is 8.78 Å². The summed E-state index contributed by atoms with van der Waals surface area (Å²) in [7, 11) is 0. The van der Waals surface area contributed by atoms with Crippen LogP contribution in [0.2, 0.25) is 0 Å². The minimum absolute atomic E-state index is 0.0667. The molecule has 1 aromatic rings. The molecule has 2 heterocycles. The van der Waals surface area contributed by atoms with E-state index in [-0.39, 0.29) is 30.8 Å². The fourth-order valence-corrected chi connectivity index (χ4v) is 3.21. The van der Waals surface area contributed by atoms with Gasteiger partial charge >= 0.3 is 0 Å². The Labute approximate surface area is 128 Å². The van der Waals surface area contributed by atoms with Gasteiger partial charge in [0.1, 0.15) is 6.10 Å². The highest BCUT2D eigenvalue weighted by molar-refractivity contribution is 5.01. The van der Waals surface area contributed by atoms with Crippen molar-refractivity contribution in [2.24, 2.45) is 5.92 Å². The zero-order valence-electron chi connectivity index (χ0n) is 12.8. The first kappa shape index (κ1) is 15.8. The van der Waals surface area contributed by atoms with E-state index in [1.54, 1.807) is 0 Å². The van der Waals surface area contributed by atoms with Crippen LogP contribution in [0, 0.1) is 5.92 Å². The van der Waals surface area contributed by atoms with E-state index in [1.165, 1.54) is 0 Å². The first-order valence-electron chi connectivity index (χ1n) is 8.00. The van der Waals surface area contributed by atoms with Gasteiger partial charge in [-0.1, -0.05) is 5.16 Å². The topological polar surface area (TPSA) is 57.4 Å². The van der Waals surface area contributed by atoms with Crippen molar-refractivity contribution in [2.45, 2.75) is 57.0 Å². The van der Waals surface area contributed by atoms with Crippen LogP contribution in [0.3, 0.4) is 0 Å². The number of alkyl halides is 2. The third kappa shape index (κ3) is 3.46. The van der Waals surface area contributed by atoms with Gasteiger partial charge in [0, 0.05) is 37.9 Å². The minimum Gasteiger partial charge on any atom is -0.381 e. The molecule has 2 aliphatic rings. The molecule has 5 nitrogen and oxygen atoms in total. The summed E-state index contributed by atoms with van der Waals surface area (Å²) in [6, 6.07) is 0. The SMILES string of the molecule is CCOC(c1noc(C2CCC(F)(F)CC2)n1)C1CCOC1. The van der Waals surface area contributed by atoms with Crippen LogP contribution in [0.25, 0.3) is 0 Å². The van der Waals surface area contributed by atoms with Crippen molar-refractivity contribution in [3.63, 3.8) is 0 Å². The van der Waals surface area contributed by atoms with E-state index in [9.17, 15) is 8.78 Å². The summed E-state index contributed by atoms with van der Waals surface area (Å²) < 4.78 is 43.0. The zero-order chi connectivity index (χ0) is 15.6. The fourth-order valence-electron chi connectivity index (χ4n) is 3.21. The molecule has 3 rings (SSSR count). The van der Waals surface area contributed by atoms with Crippen LogP contribution < -0.4 is 0 Å². The Morgan fingerprint density at radius 2 is 2.09 bits per heavy atom. The summed E-state index contributed by atoms with van der Waals surface area (Å²) in [6.45, 7) is 3.83. The van der Waals surface area contributed by atoms with Crippen LogP contribution >= 0.6 is 0 Å². The highest BCUT2D eigenvalue weighted by Gasteiger charge is 2.38. The molecule has 0 amide bonds. The average Bonchev–Trinajstić information content (AvgIpc) is 3.16. The summed E-state index contributed by atoms with van der Waals surface area (Å²) in [5.41, 5.74) is 0. The fraction of sp³-hybridized carbons (Fsp3) is 0.867. The number of aromatic nitrogens is 2. The smallest absolute Gasteiger partial charge is 0.248 e. The van der Waals surface area contributed by atoms with Gasteiger partial charge in [-0.3, -0.25) is 0 Å². The Hall–Kier alpha value is -1.08. The number of nitrogens with zero attached hydrogens (tertiary/aromatic N) is 2. The number of rotatable bonds is 5. The maximum atomic E-state index is 13.2. The van der Waals surface area contributed by atoms with Gasteiger partial charge in [0.15, 0.2) is 0 Å². The van der Waals surface area contributed by atoms with Gasteiger partial charge in [-0.05, 0) is 26.2 Å². The van der Waals surface area contributed by atoms with Crippen molar-refractivity contribution in [2.75, 3.05) is 19.8 Å². The summed E-state index contributed by atoms with van der Waals surface area (Å²) >= 11 is 0. The number of hydrogen-bond donors (Lipinski definition) is 0. The maximum absolute atomic E-state index is 13.2. The molecule has 0 aromatic carbocycles. The summed E-state index contributed by atoms with van der Waals surface area (Å²) in [5.74, 6) is -1.41. The first-order valence-corrected chi connectivity index (χ1v) is 8.00. The van der Waals surface area contributed by atoms with Crippen LogP contribution in [-0.2, 0) is 9.47 Å². The predicted molar refractivity (Wildman–Crippen MR) is 73.7 cm³/mol. The molecule has 1 saturated heterocycles. The summed E-state index contributed by atoms with van der Waals surface area (Å²) in [4.78, 5) is 4.44. The monoisotopic (exact) mass is 316 g/mol. The molecule has 0 spiro atoms. The van der Waals surface area contributed by atoms with E-state index in [0.29, 0.717) is 37.8 Å². The van der Waals surface area contributed by atoms with Crippen molar-refractivity contribution in [3.05, 3.63) is 11.7 Å². The third-order valence-corrected chi connectivity index (χ3v) is 4.52. The second-order valence-electron chi connectivity index (χ2n) is 6.12. The lowest BCUT2D eigenvalue weighted by molar-refractivity contribution is -0.0402. The van der Waals surface area contributed by atoms with E-state index in [4.69, 9.17) is 14.0 Å². The number of ether oxygens (including phenoxy) is 2. The lowest BCUT2D eigenvalue weighted by atomic mass is 9.87. The molecular formula is C15H22F2N2O3. The first-order chi connectivity index (χ1) is 10.6. The van der Waals surface area contributed by atoms with Crippen molar-refractivity contribution in [3.8, 4) is 0 Å². The lowest BCUT2D eigenvalue weighted by Gasteiger charge is -2.25. The van der Waals surface area contributed by atoms with Gasteiger partial charge in [0.05, 0.1) is 6.61 Å².